The van der Waals surface area contributed by atoms with Gasteiger partial charge in [-0.2, -0.15) is 0 Å². The van der Waals surface area contributed by atoms with Crippen molar-refractivity contribution in [2.75, 3.05) is 0 Å². The summed E-state index contributed by atoms with van der Waals surface area (Å²) in [6, 6.07) is 5.40. The van der Waals surface area contributed by atoms with Crippen LogP contribution in [0.5, 0.6) is 0 Å². The lowest BCUT2D eigenvalue weighted by atomic mass is 10.2. The molecule has 0 aliphatic heterocycles. The molecule has 0 fully saturated rings. The van der Waals surface area contributed by atoms with Gasteiger partial charge in [0.25, 0.3) is 0 Å². The summed E-state index contributed by atoms with van der Waals surface area (Å²) in [6.45, 7) is 0. The number of thiophene rings is 1. The zero-order chi connectivity index (χ0) is 10.1. The van der Waals surface area contributed by atoms with Crippen LogP contribution in [0, 0.1) is 0 Å². The molecule has 2 rings (SSSR count). The van der Waals surface area contributed by atoms with Gasteiger partial charge in [0.05, 0.1) is 5.88 Å². The maximum atomic E-state index is 10.8. The Labute approximate surface area is 95.3 Å². The number of rotatable bonds is 2. The molecule has 1 nitrogen and oxygen atoms in total. The monoisotopic (exact) mass is 244 g/mol. The Hall–Kier alpha value is -0.570. The molecular formula is C10H6Cl2OS. The second kappa shape index (κ2) is 3.89. The molecule has 0 amide bonds. The molecule has 0 atom stereocenters. The van der Waals surface area contributed by atoms with Gasteiger partial charge in [-0.1, -0.05) is 11.6 Å². The second-order valence-corrected chi connectivity index (χ2v) is 4.65. The maximum Gasteiger partial charge on any atom is 0.151 e. The number of halogens is 2. The zero-order valence-corrected chi connectivity index (χ0v) is 9.42. The van der Waals surface area contributed by atoms with Crippen molar-refractivity contribution in [2.24, 2.45) is 0 Å². The van der Waals surface area contributed by atoms with Crippen molar-refractivity contribution in [1.82, 2.24) is 0 Å². The van der Waals surface area contributed by atoms with Gasteiger partial charge in [-0.25, -0.2) is 0 Å². The Balaban J connectivity index is 2.81. The first-order valence-corrected chi connectivity index (χ1v) is 5.71. The van der Waals surface area contributed by atoms with E-state index in [0.29, 0.717) is 16.5 Å². The van der Waals surface area contributed by atoms with Crippen molar-refractivity contribution < 1.29 is 4.79 Å². The van der Waals surface area contributed by atoms with E-state index < -0.39 is 0 Å². The largest absolute Gasteiger partial charge is 0.298 e. The lowest BCUT2D eigenvalue weighted by Gasteiger charge is -1.95. The summed E-state index contributed by atoms with van der Waals surface area (Å²) in [5, 5.41) is 1.58. The molecular weight excluding hydrogens is 239 g/mol. The van der Waals surface area contributed by atoms with Crippen LogP contribution in [0.25, 0.3) is 10.1 Å². The highest BCUT2D eigenvalue weighted by Crippen LogP contribution is 2.33. The normalized spacial score (nSPS) is 10.7. The first-order chi connectivity index (χ1) is 6.76. The molecule has 1 aromatic heterocycles. The van der Waals surface area contributed by atoms with Gasteiger partial charge >= 0.3 is 0 Å². The van der Waals surface area contributed by atoms with E-state index in [2.05, 4.69) is 0 Å². The van der Waals surface area contributed by atoms with Crippen LogP contribution in [0.15, 0.2) is 18.2 Å². The Kier molecular flexibility index (Phi) is 2.77. The van der Waals surface area contributed by atoms with E-state index in [9.17, 15) is 4.79 Å². The Morgan fingerprint density at radius 2 is 2.21 bits per heavy atom. The fourth-order valence-electron chi connectivity index (χ4n) is 1.32. The maximum absolute atomic E-state index is 10.8. The molecule has 0 radical (unpaired) electrons. The van der Waals surface area contributed by atoms with Crippen LogP contribution in [0.1, 0.15) is 15.2 Å². The van der Waals surface area contributed by atoms with Crippen molar-refractivity contribution in [3.63, 3.8) is 0 Å². The van der Waals surface area contributed by atoms with Crippen molar-refractivity contribution >= 4 is 50.9 Å². The van der Waals surface area contributed by atoms with Gasteiger partial charge in [0.15, 0.2) is 6.29 Å². The Morgan fingerprint density at radius 3 is 2.86 bits per heavy atom. The van der Waals surface area contributed by atoms with Crippen molar-refractivity contribution in [2.45, 2.75) is 5.88 Å². The fraction of sp³-hybridized carbons (Fsp3) is 0.100. The summed E-state index contributed by atoms with van der Waals surface area (Å²) in [4.78, 5) is 11.8. The molecule has 0 aliphatic rings. The number of aldehydes is 1. The molecule has 1 aromatic carbocycles. The third-order valence-electron chi connectivity index (χ3n) is 1.97. The number of alkyl halides is 1. The van der Waals surface area contributed by atoms with Gasteiger partial charge in [0.2, 0.25) is 0 Å². The van der Waals surface area contributed by atoms with Gasteiger partial charge in [-0.05, 0) is 18.2 Å². The summed E-state index contributed by atoms with van der Waals surface area (Å²) in [6.07, 6.45) is 0.840. The summed E-state index contributed by atoms with van der Waals surface area (Å²) >= 11 is 13.2. The molecule has 4 heteroatoms. The highest BCUT2D eigenvalue weighted by molar-refractivity contribution is 7.19. The van der Waals surface area contributed by atoms with Gasteiger partial charge in [0, 0.05) is 25.5 Å². The number of fused-ring (bicyclic) bond motifs is 1. The number of hydrogen-bond donors (Lipinski definition) is 0. The average molecular weight is 245 g/mol. The van der Waals surface area contributed by atoms with E-state index in [1.54, 1.807) is 12.1 Å². The van der Waals surface area contributed by atoms with E-state index in [1.807, 2.05) is 6.07 Å². The number of carbonyl (C=O) groups is 1. The lowest BCUT2D eigenvalue weighted by molar-refractivity contribution is 0.112. The van der Waals surface area contributed by atoms with Gasteiger partial charge < -0.3 is 0 Å². The molecule has 14 heavy (non-hydrogen) atoms. The molecule has 0 saturated carbocycles. The highest BCUT2D eigenvalue weighted by atomic mass is 35.5. The van der Waals surface area contributed by atoms with Gasteiger partial charge in [-0.3, -0.25) is 4.79 Å². The average Bonchev–Trinajstić information content (AvgIpc) is 2.63. The fourth-order valence-corrected chi connectivity index (χ4v) is 2.84. The lowest BCUT2D eigenvalue weighted by Crippen LogP contribution is -1.78. The number of carbonyl (C=O) groups excluding carboxylic acids is 1. The van der Waals surface area contributed by atoms with Crippen LogP contribution in [0.3, 0.4) is 0 Å². The predicted octanol–water partition coefficient (Wildman–Crippen LogP) is 4.11. The highest BCUT2D eigenvalue weighted by Gasteiger charge is 2.08. The van der Waals surface area contributed by atoms with Gasteiger partial charge in [0.1, 0.15) is 0 Å². The summed E-state index contributed by atoms with van der Waals surface area (Å²) in [5.41, 5.74) is 0.672. The van der Waals surface area contributed by atoms with E-state index in [0.717, 1.165) is 21.2 Å². The van der Waals surface area contributed by atoms with Crippen LogP contribution >= 0.6 is 34.5 Å². The van der Waals surface area contributed by atoms with Crippen LogP contribution in [0.4, 0.5) is 0 Å². The van der Waals surface area contributed by atoms with E-state index in [-0.39, 0.29) is 0 Å². The van der Waals surface area contributed by atoms with Gasteiger partial charge in [-0.15, -0.1) is 22.9 Å². The van der Waals surface area contributed by atoms with Crippen molar-refractivity contribution in [3.05, 3.63) is 33.7 Å². The third-order valence-corrected chi connectivity index (χ3v) is 3.93. The summed E-state index contributed by atoms with van der Waals surface area (Å²) in [5.74, 6) is 0.452. The first-order valence-electron chi connectivity index (χ1n) is 3.98. The minimum absolute atomic E-state index is 0.452. The summed E-state index contributed by atoms with van der Waals surface area (Å²) < 4.78 is 0.920. The van der Waals surface area contributed by atoms with E-state index in [1.165, 1.54) is 11.3 Å². The molecule has 0 aliphatic carbocycles. The smallest absolute Gasteiger partial charge is 0.151 e. The number of benzene rings is 1. The predicted molar refractivity (Wildman–Crippen MR) is 61.8 cm³/mol. The molecule has 0 spiro atoms. The molecule has 0 N–H and O–H groups in total. The summed E-state index contributed by atoms with van der Waals surface area (Å²) in [7, 11) is 0. The topological polar surface area (TPSA) is 17.1 Å². The number of hydrogen-bond acceptors (Lipinski definition) is 2. The minimum atomic E-state index is 0.452. The first kappa shape index (κ1) is 9.97. The quantitative estimate of drug-likeness (QED) is 0.574. The minimum Gasteiger partial charge on any atom is -0.298 e. The third kappa shape index (κ3) is 1.54. The van der Waals surface area contributed by atoms with Crippen molar-refractivity contribution in [3.8, 4) is 0 Å². The van der Waals surface area contributed by atoms with E-state index >= 15 is 0 Å². The van der Waals surface area contributed by atoms with Crippen LogP contribution < -0.4 is 0 Å². The molecule has 1 heterocycles. The second-order valence-electron chi connectivity index (χ2n) is 2.84. The van der Waals surface area contributed by atoms with Crippen LogP contribution in [0.2, 0.25) is 5.02 Å². The Morgan fingerprint density at radius 1 is 1.43 bits per heavy atom. The van der Waals surface area contributed by atoms with E-state index in [4.69, 9.17) is 23.2 Å². The molecule has 72 valence electrons. The molecule has 0 unspecified atom stereocenters. The molecule has 2 aromatic rings. The molecule has 0 saturated heterocycles. The standard InChI is InChI=1S/C10H6Cl2OS/c11-4-7-3-8-9(12)2-1-6(5-13)10(8)14-7/h1-3,5H,4H2. The van der Waals surface area contributed by atoms with Crippen molar-refractivity contribution in [1.29, 1.82) is 0 Å². The zero-order valence-electron chi connectivity index (χ0n) is 7.09. The van der Waals surface area contributed by atoms with Crippen LogP contribution in [-0.2, 0) is 5.88 Å². The molecule has 0 bridgehead atoms. The SMILES string of the molecule is O=Cc1ccc(Cl)c2cc(CCl)sc12. The Bertz CT molecular complexity index is 490. The van der Waals surface area contributed by atoms with Crippen LogP contribution in [-0.4, -0.2) is 6.29 Å².